The van der Waals surface area contributed by atoms with Gasteiger partial charge in [0.25, 0.3) is 0 Å². The van der Waals surface area contributed by atoms with E-state index in [-0.39, 0.29) is 29.4 Å². The van der Waals surface area contributed by atoms with Crippen LogP contribution in [0.2, 0.25) is 0 Å². The van der Waals surface area contributed by atoms with E-state index in [1.54, 1.807) is 12.1 Å². The SMILES string of the molecule is O=S1(=O)C[C@@H]2NC(=S)N(CCc3ccc(F)cc3)[C@@H]2C1. The Morgan fingerprint density at radius 1 is 1.30 bits per heavy atom. The number of benzene rings is 1. The van der Waals surface area contributed by atoms with Crippen molar-refractivity contribution in [3.05, 3.63) is 35.6 Å². The number of rotatable bonds is 3. The van der Waals surface area contributed by atoms with E-state index in [9.17, 15) is 12.8 Å². The molecule has 1 aromatic carbocycles. The minimum atomic E-state index is -2.96. The number of hydrogen-bond donors (Lipinski definition) is 1. The van der Waals surface area contributed by atoms with Crippen LogP contribution < -0.4 is 5.32 Å². The van der Waals surface area contributed by atoms with Gasteiger partial charge in [-0.1, -0.05) is 12.1 Å². The molecule has 20 heavy (non-hydrogen) atoms. The molecule has 2 saturated heterocycles. The lowest BCUT2D eigenvalue weighted by atomic mass is 10.1. The van der Waals surface area contributed by atoms with Crippen molar-refractivity contribution in [2.24, 2.45) is 0 Å². The first-order valence-corrected chi connectivity index (χ1v) is 8.69. The summed E-state index contributed by atoms with van der Waals surface area (Å²) < 4.78 is 36.2. The lowest BCUT2D eigenvalue weighted by Crippen LogP contribution is -2.38. The minimum absolute atomic E-state index is 0.0621. The molecule has 2 fully saturated rings. The summed E-state index contributed by atoms with van der Waals surface area (Å²) in [7, 11) is -2.96. The van der Waals surface area contributed by atoms with Gasteiger partial charge in [0.15, 0.2) is 14.9 Å². The van der Waals surface area contributed by atoms with Gasteiger partial charge in [-0.25, -0.2) is 12.8 Å². The fraction of sp³-hybridized carbons (Fsp3) is 0.462. The third kappa shape index (κ3) is 2.64. The van der Waals surface area contributed by atoms with Gasteiger partial charge in [-0.05, 0) is 36.3 Å². The maximum absolute atomic E-state index is 12.8. The van der Waals surface area contributed by atoms with Crippen molar-refractivity contribution in [2.75, 3.05) is 18.1 Å². The van der Waals surface area contributed by atoms with E-state index in [2.05, 4.69) is 5.32 Å². The molecular weight excluding hydrogens is 299 g/mol. The van der Waals surface area contributed by atoms with Gasteiger partial charge < -0.3 is 10.2 Å². The van der Waals surface area contributed by atoms with Gasteiger partial charge >= 0.3 is 0 Å². The molecule has 2 aliphatic rings. The lowest BCUT2D eigenvalue weighted by Gasteiger charge is -2.23. The van der Waals surface area contributed by atoms with Crippen molar-refractivity contribution < 1.29 is 12.8 Å². The summed E-state index contributed by atoms with van der Waals surface area (Å²) in [5, 5.41) is 3.71. The van der Waals surface area contributed by atoms with Crippen LogP contribution in [0.25, 0.3) is 0 Å². The highest BCUT2D eigenvalue weighted by atomic mass is 32.2. The molecule has 1 N–H and O–H groups in total. The van der Waals surface area contributed by atoms with Crippen molar-refractivity contribution in [1.82, 2.24) is 10.2 Å². The third-order valence-corrected chi connectivity index (χ3v) is 5.92. The normalized spacial score (nSPS) is 27.4. The van der Waals surface area contributed by atoms with E-state index in [4.69, 9.17) is 12.2 Å². The maximum atomic E-state index is 12.8. The first-order chi connectivity index (χ1) is 9.44. The largest absolute Gasteiger partial charge is 0.357 e. The molecule has 2 heterocycles. The Bertz CT molecular complexity index is 630. The minimum Gasteiger partial charge on any atom is -0.357 e. The second kappa shape index (κ2) is 4.96. The number of thiocarbonyl (C=S) groups is 1. The molecule has 0 amide bonds. The molecule has 0 unspecified atom stereocenters. The zero-order valence-electron chi connectivity index (χ0n) is 10.8. The van der Waals surface area contributed by atoms with E-state index in [0.717, 1.165) is 5.56 Å². The van der Waals surface area contributed by atoms with E-state index >= 15 is 0 Å². The van der Waals surface area contributed by atoms with Crippen LogP contribution in [-0.4, -0.2) is 48.6 Å². The Morgan fingerprint density at radius 3 is 2.70 bits per heavy atom. The van der Waals surface area contributed by atoms with E-state index in [1.165, 1.54) is 12.1 Å². The molecular formula is C13H15FN2O2S2. The van der Waals surface area contributed by atoms with Gasteiger partial charge in [0.2, 0.25) is 0 Å². The molecule has 0 bridgehead atoms. The van der Waals surface area contributed by atoms with E-state index in [0.29, 0.717) is 18.1 Å². The molecule has 108 valence electrons. The summed E-state index contributed by atoms with van der Waals surface area (Å²) in [6.45, 7) is 0.647. The van der Waals surface area contributed by atoms with Gasteiger partial charge in [-0.2, -0.15) is 0 Å². The van der Waals surface area contributed by atoms with Gasteiger partial charge in [0, 0.05) is 6.54 Å². The average Bonchev–Trinajstić information content (AvgIpc) is 2.80. The number of nitrogens with zero attached hydrogens (tertiary/aromatic N) is 1. The fourth-order valence-electron chi connectivity index (χ4n) is 2.83. The van der Waals surface area contributed by atoms with Crippen molar-refractivity contribution in [3.8, 4) is 0 Å². The molecule has 2 aliphatic heterocycles. The summed E-state index contributed by atoms with van der Waals surface area (Å²) in [6.07, 6.45) is 0.714. The zero-order chi connectivity index (χ0) is 14.3. The van der Waals surface area contributed by atoms with Crippen LogP contribution in [-0.2, 0) is 16.3 Å². The van der Waals surface area contributed by atoms with Gasteiger partial charge in [-0.15, -0.1) is 0 Å². The lowest BCUT2D eigenvalue weighted by molar-refractivity contribution is 0.358. The van der Waals surface area contributed by atoms with Crippen molar-refractivity contribution in [1.29, 1.82) is 0 Å². The van der Waals surface area contributed by atoms with Crippen LogP contribution in [0.4, 0.5) is 4.39 Å². The maximum Gasteiger partial charge on any atom is 0.169 e. The highest BCUT2D eigenvalue weighted by Crippen LogP contribution is 2.24. The number of halogens is 1. The van der Waals surface area contributed by atoms with Crippen molar-refractivity contribution >= 4 is 27.2 Å². The molecule has 0 saturated carbocycles. The van der Waals surface area contributed by atoms with Crippen LogP contribution in [0.15, 0.2) is 24.3 Å². The molecule has 2 atom stereocenters. The highest BCUT2D eigenvalue weighted by molar-refractivity contribution is 7.91. The molecule has 3 rings (SSSR count). The van der Waals surface area contributed by atoms with E-state index < -0.39 is 9.84 Å². The van der Waals surface area contributed by atoms with E-state index in [1.807, 2.05) is 4.90 Å². The Hall–Kier alpha value is -1.21. The van der Waals surface area contributed by atoms with Crippen LogP contribution in [0.5, 0.6) is 0 Å². The Labute approximate surface area is 122 Å². The van der Waals surface area contributed by atoms with Crippen LogP contribution in [0.1, 0.15) is 5.56 Å². The molecule has 0 aliphatic carbocycles. The molecule has 7 heteroatoms. The molecule has 4 nitrogen and oxygen atoms in total. The van der Waals surface area contributed by atoms with Crippen LogP contribution in [0, 0.1) is 5.82 Å². The number of hydrogen-bond acceptors (Lipinski definition) is 3. The smallest absolute Gasteiger partial charge is 0.169 e. The monoisotopic (exact) mass is 314 g/mol. The van der Waals surface area contributed by atoms with Crippen molar-refractivity contribution in [3.63, 3.8) is 0 Å². The van der Waals surface area contributed by atoms with Crippen molar-refractivity contribution in [2.45, 2.75) is 18.5 Å². The topological polar surface area (TPSA) is 49.4 Å². The first kappa shape index (κ1) is 13.8. The summed E-state index contributed by atoms with van der Waals surface area (Å²) in [5.41, 5.74) is 1.01. The van der Waals surface area contributed by atoms with Crippen LogP contribution >= 0.6 is 12.2 Å². The summed E-state index contributed by atoms with van der Waals surface area (Å²) in [4.78, 5) is 1.95. The molecule has 0 radical (unpaired) electrons. The Morgan fingerprint density at radius 2 is 2.00 bits per heavy atom. The third-order valence-electron chi connectivity index (χ3n) is 3.85. The average molecular weight is 314 g/mol. The Balaban J connectivity index is 1.67. The Kier molecular flexibility index (Phi) is 3.41. The predicted octanol–water partition coefficient (Wildman–Crippen LogP) is 0.724. The summed E-state index contributed by atoms with van der Waals surface area (Å²) in [5.74, 6) is 0.0630. The quantitative estimate of drug-likeness (QED) is 0.834. The first-order valence-electron chi connectivity index (χ1n) is 6.47. The summed E-state index contributed by atoms with van der Waals surface area (Å²) >= 11 is 5.27. The van der Waals surface area contributed by atoms with Gasteiger partial charge in [-0.3, -0.25) is 0 Å². The second-order valence-corrected chi connectivity index (χ2v) is 7.81. The van der Waals surface area contributed by atoms with Gasteiger partial charge in [0.1, 0.15) is 5.82 Å². The number of sulfone groups is 1. The zero-order valence-corrected chi connectivity index (χ0v) is 12.4. The highest BCUT2D eigenvalue weighted by Gasteiger charge is 2.46. The molecule has 1 aromatic rings. The fourth-order valence-corrected chi connectivity index (χ4v) is 5.13. The number of fused-ring (bicyclic) bond motifs is 1. The second-order valence-electron chi connectivity index (χ2n) is 5.27. The van der Waals surface area contributed by atoms with Crippen LogP contribution in [0.3, 0.4) is 0 Å². The van der Waals surface area contributed by atoms with Gasteiger partial charge in [0.05, 0.1) is 23.6 Å². The standard InChI is InChI=1S/C13H15FN2O2S2/c14-10-3-1-9(2-4-10)5-6-16-12-8-20(17,18)7-11(12)15-13(16)19/h1-4,11-12H,5-8H2,(H,15,19)/t11-,12+/m0/s1. The number of nitrogens with one attached hydrogen (secondary N) is 1. The molecule has 0 spiro atoms. The summed E-state index contributed by atoms with van der Waals surface area (Å²) in [6, 6.07) is 6.20. The molecule has 0 aromatic heterocycles. The predicted molar refractivity (Wildman–Crippen MR) is 78.8 cm³/mol.